The molecule has 0 N–H and O–H groups in total. The maximum absolute atomic E-state index is 12.6. The Morgan fingerprint density at radius 3 is 2.68 bits per heavy atom. The van der Waals surface area contributed by atoms with Crippen LogP contribution >= 0.6 is 15.9 Å². The van der Waals surface area contributed by atoms with Crippen LogP contribution in [0.15, 0.2) is 21.5 Å². The van der Waals surface area contributed by atoms with E-state index >= 15 is 0 Å². The quantitative estimate of drug-likeness (QED) is 0.847. The highest BCUT2D eigenvalue weighted by Crippen LogP contribution is 2.39. The summed E-state index contributed by atoms with van der Waals surface area (Å²) in [6.07, 6.45) is 4.07. The molecular formula is C14H16BrNO2S. The van der Waals surface area contributed by atoms with Crippen molar-refractivity contribution in [3.63, 3.8) is 0 Å². The number of nitrogens with zero attached hydrogens (tertiary/aromatic N) is 1. The standard InChI is InChI=1S/C14H16BrNO2S/c1-8(9-3-4-9)16-7-10-5-11(15)6-12(19(2)18)13(10)14(16)17/h5-6,8-9H,3-4,7H2,1-2H3/t8-,19?/m0/s1. The van der Waals surface area contributed by atoms with E-state index in [0.29, 0.717) is 22.9 Å². The molecule has 1 aliphatic heterocycles. The van der Waals surface area contributed by atoms with Crippen LogP contribution in [0.5, 0.6) is 0 Å². The van der Waals surface area contributed by atoms with E-state index in [4.69, 9.17) is 0 Å². The van der Waals surface area contributed by atoms with E-state index in [-0.39, 0.29) is 11.9 Å². The van der Waals surface area contributed by atoms with Crippen molar-refractivity contribution in [3.8, 4) is 0 Å². The first kappa shape index (κ1) is 13.3. The summed E-state index contributed by atoms with van der Waals surface area (Å²) in [5, 5.41) is 0. The largest absolute Gasteiger partial charge is 0.331 e. The smallest absolute Gasteiger partial charge is 0.255 e. The van der Waals surface area contributed by atoms with Crippen molar-refractivity contribution < 1.29 is 9.00 Å². The predicted molar refractivity (Wildman–Crippen MR) is 78.5 cm³/mol. The van der Waals surface area contributed by atoms with Gasteiger partial charge in [0.2, 0.25) is 0 Å². The van der Waals surface area contributed by atoms with Gasteiger partial charge in [0, 0.05) is 23.3 Å². The number of halogens is 1. The molecule has 0 bridgehead atoms. The first-order chi connectivity index (χ1) is 8.99. The van der Waals surface area contributed by atoms with Crippen LogP contribution in [0.4, 0.5) is 0 Å². The Hall–Kier alpha value is -0.680. The second-order valence-corrected chi connectivity index (χ2v) is 7.67. The molecule has 0 radical (unpaired) electrons. The third-order valence-corrected chi connectivity index (χ3v) is 5.47. The summed E-state index contributed by atoms with van der Waals surface area (Å²) in [5.41, 5.74) is 1.66. The third kappa shape index (κ3) is 2.27. The van der Waals surface area contributed by atoms with E-state index in [1.54, 1.807) is 12.3 Å². The number of benzene rings is 1. The fourth-order valence-electron chi connectivity index (χ4n) is 2.79. The molecular weight excluding hydrogens is 326 g/mol. The van der Waals surface area contributed by atoms with E-state index in [0.717, 1.165) is 10.0 Å². The SMILES string of the molecule is C[C@@H](C1CC1)N1Cc2cc(Br)cc(S(C)=O)c2C1=O. The van der Waals surface area contributed by atoms with Gasteiger partial charge in [0.1, 0.15) is 0 Å². The fourth-order valence-corrected chi connectivity index (χ4v) is 4.25. The van der Waals surface area contributed by atoms with Gasteiger partial charge < -0.3 is 4.90 Å². The first-order valence-corrected chi connectivity index (χ1v) is 8.81. The third-order valence-electron chi connectivity index (χ3n) is 4.07. The molecule has 5 heteroatoms. The number of carbonyl (C=O) groups excluding carboxylic acids is 1. The summed E-state index contributed by atoms with van der Waals surface area (Å²) in [5.74, 6) is 0.698. The summed E-state index contributed by atoms with van der Waals surface area (Å²) >= 11 is 3.44. The maximum atomic E-state index is 12.6. The second kappa shape index (κ2) is 4.70. The number of fused-ring (bicyclic) bond motifs is 1. The molecule has 1 aliphatic carbocycles. The van der Waals surface area contributed by atoms with Crippen LogP contribution in [0.1, 0.15) is 35.7 Å². The van der Waals surface area contributed by atoms with Gasteiger partial charge in [-0.15, -0.1) is 0 Å². The monoisotopic (exact) mass is 341 g/mol. The lowest BCUT2D eigenvalue weighted by Crippen LogP contribution is -2.34. The van der Waals surface area contributed by atoms with E-state index < -0.39 is 10.8 Å². The van der Waals surface area contributed by atoms with Crippen molar-refractivity contribution in [3.05, 3.63) is 27.7 Å². The van der Waals surface area contributed by atoms with Crippen molar-refractivity contribution in [1.29, 1.82) is 0 Å². The normalized spacial score (nSPS) is 21.4. The summed E-state index contributed by atoms with van der Waals surface area (Å²) < 4.78 is 12.7. The van der Waals surface area contributed by atoms with Gasteiger partial charge in [-0.2, -0.15) is 0 Å². The maximum Gasteiger partial charge on any atom is 0.255 e. The van der Waals surface area contributed by atoms with E-state index in [9.17, 15) is 9.00 Å². The fraction of sp³-hybridized carbons (Fsp3) is 0.500. The minimum absolute atomic E-state index is 0.0482. The lowest BCUT2D eigenvalue weighted by Gasteiger charge is -2.24. The van der Waals surface area contributed by atoms with Gasteiger partial charge in [-0.25, -0.2) is 0 Å². The Labute approximate surface area is 124 Å². The van der Waals surface area contributed by atoms with Crippen molar-refractivity contribution in [1.82, 2.24) is 4.90 Å². The topological polar surface area (TPSA) is 37.4 Å². The highest BCUT2D eigenvalue weighted by Gasteiger charge is 2.39. The average Bonchev–Trinajstić information content (AvgIpc) is 3.13. The molecule has 0 saturated heterocycles. The van der Waals surface area contributed by atoms with Crippen LogP contribution < -0.4 is 0 Å². The molecule has 1 heterocycles. The Bertz CT molecular complexity index is 583. The van der Waals surface area contributed by atoms with Crippen LogP contribution in [-0.2, 0) is 17.3 Å². The molecule has 1 fully saturated rings. The highest BCUT2D eigenvalue weighted by molar-refractivity contribution is 9.10. The number of rotatable bonds is 3. The summed E-state index contributed by atoms with van der Waals surface area (Å²) in [7, 11) is -1.14. The van der Waals surface area contributed by atoms with Crippen molar-refractivity contribution in [2.45, 2.75) is 37.2 Å². The number of hydrogen-bond donors (Lipinski definition) is 0. The number of amides is 1. The van der Waals surface area contributed by atoms with Gasteiger partial charge in [-0.05, 0) is 43.4 Å². The number of carbonyl (C=O) groups is 1. The summed E-state index contributed by atoms with van der Waals surface area (Å²) in [6, 6.07) is 4.07. The number of hydrogen-bond acceptors (Lipinski definition) is 2. The zero-order valence-corrected chi connectivity index (χ0v) is 13.4. The first-order valence-electron chi connectivity index (χ1n) is 6.46. The molecule has 0 aromatic heterocycles. The van der Waals surface area contributed by atoms with Crippen molar-refractivity contribution >= 4 is 32.6 Å². The Morgan fingerprint density at radius 2 is 2.11 bits per heavy atom. The Morgan fingerprint density at radius 1 is 1.42 bits per heavy atom. The van der Waals surface area contributed by atoms with Gasteiger partial charge in [-0.1, -0.05) is 15.9 Å². The Kier molecular flexibility index (Phi) is 3.29. The van der Waals surface area contributed by atoms with Gasteiger partial charge in [0.05, 0.1) is 21.3 Å². The minimum atomic E-state index is -1.14. The van der Waals surface area contributed by atoms with Crippen LogP contribution in [0.2, 0.25) is 0 Å². The molecule has 102 valence electrons. The summed E-state index contributed by atoms with van der Waals surface area (Å²) in [6.45, 7) is 2.77. The van der Waals surface area contributed by atoms with Gasteiger partial charge >= 0.3 is 0 Å². The molecule has 1 amide bonds. The molecule has 1 unspecified atom stereocenters. The predicted octanol–water partition coefficient (Wildman–Crippen LogP) is 2.94. The molecule has 0 spiro atoms. The Balaban J connectivity index is 2.02. The molecule has 2 atom stereocenters. The zero-order valence-electron chi connectivity index (χ0n) is 11.0. The van der Waals surface area contributed by atoms with Gasteiger partial charge in [-0.3, -0.25) is 9.00 Å². The lowest BCUT2D eigenvalue weighted by molar-refractivity contribution is 0.0695. The second-order valence-electron chi connectivity index (χ2n) is 5.40. The van der Waals surface area contributed by atoms with Crippen LogP contribution in [0, 0.1) is 5.92 Å². The van der Waals surface area contributed by atoms with E-state index in [1.807, 2.05) is 11.0 Å². The minimum Gasteiger partial charge on any atom is -0.331 e. The summed E-state index contributed by atoms with van der Waals surface area (Å²) in [4.78, 5) is 15.2. The molecule has 1 saturated carbocycles. The van der Waals surface area contributed by atoms with Gasteiger partial charge in [0.15, 0.2) is 0 Å². The average molecular weight is 342 g/mol. The van der Waals surface area contributed by atoms with Crippen LogP contribution in [-0.4, -0.2) is 27.3 Å². The van der Waals surface area contributed by atoms with Crippen molar-refractivity contribution in [2.24, 2.45) is 5.92 Å². The molecule has 1 aromatic carbocycles. The van der Waals surface area contributed by atoms with Crippen LogP contribution in [0.25, 0.3) is 0 Å². The highest BCUT2D eigenvalue weighted by atomic mass is 79.9. The molecule has 3 nitrogen and oxygen atoms in total. The lowest BCUT2D eigenvalue weighted by atomic mass is 10.1. The zero-order chi connectivity index (χ0) is 13.7. The van der Waals surface area contributed by atoms with Crippen LogP contribution in [0.3, 0.4) is 0 Å². The van der Waals surface area contributed by atoms with E-state index in [2.05, 4.69) is 22.9 Å². The molecule has 2 aliphatic rings. The molecule has 3 rings (SSSR count). The van der Waals surface area contributed by atoms with E-state index in [1.165, 1.54) is 12.8 Å². The molecule has 1 aromatic rings. The van der Waals surface area contributed by atoms with Gasteiger partial charge in [0.25, 0.3) is 5.91 Å². The molecule has 19 heavy (non-hydrogen) atoms. The van der Waals surface area contributed by atoms with Crippen molar-refractivity contribution in [2.75, 3.05) is 6.26 Å².